The number of nitrogens with zero attached hydrogens (tertiary/aromatic N) is 1. The summed E-state index contributed by atoms with van der Waals surface area (Å²) in [5, 5.41) is 4.48. The molecule has 0 radical (unpaired) electrons. The zero-order valence-electron chi connectivity index (χ0n) is 11.6. The molecule has 0 aliphatic heterocycles. The molecule has 0 aliphatic rings. The van der Waals surface area contributed by atoms with E-state index in [4.69, 9.17) is 0 Å². The number of alkyl halides is 3. The monoisotopic (exact) mass is 330 g/mol. The van der Waals surface area contributed by atoms with Crippen molar-refractivity contribution in [3.05, 3.63) is 35.2 Å². The largest absolute Gasteiger partial charge is 0.411 e. The average molecular weight is 330 g/mol. The zero-order valence-corrected chi connectivity index (χ0v) is 12.4. The predicted molar refractivity (Wildman–Crippen MR) is 77.8 cm³/mol. The van der Waals surface area contributed by atoms with E-state index >= 15 is 0 Å². The number of aryl methyl sites for hydroxylation is 1. The second kappa shape index (κ2) is 6.89. The molecular weight excluding hydrogens is 317 g/mol. The molecule has 0 unspecified atom stereocenters. The van der Waals surface area contributed by atoms with Crippen molar-refractivity contribution in [2.24, 2.45) is 0 Å². The van der Waals surface area contributed by atoms with Crippen molar-refractivity contribution in [1.82, 2.24) is 4.98 Å². The number of ether oxygens (including phenoxy) is 1. The fourth-order valence-corrected chi connectivity index (χ4v) is 2.34. The molecule has 22 heavy (non-hydrogen) atoms. The van der Waals surface area contributed by atoms with Gasteiger partial charge in [-0.15, -0.1) is 11.3 Å². The van der Waals surface area contributed by atoms with Gasteiger partial charge in [-0.1, -0.05) is 29.8 Å². The van der Waals surface area contributed by atoms with Crippen LogP contribution >= 0.6 is 11.3 Å². The van der Waals surface area contributed by atoms with Gasteiger partial charge in [0.2, 0.25) is 0 Å². The molecule has 1 amide bonds. The number of carbonyl (C=O) groups is 1. The van der Waals surface area contributed by atoms with Gasteiger partial charge in [0.25, 0.3) is 5.91 Å². The van der Waals surface area contributed by atoms with Crippen LogP contribution in [-0.2, 0) is 9.53 Å². The first-order valence-corrected chi connectivity index (χ1v) is 7.18. The average Bonchev–Trinajstić information content (AvgIpc) is 2.86. The Morgan fingerprint density at radius 3 is 2.64 bits per heavy atom. The van der Waals surface area contributed by atoms with Crippen LogP contribution in [0, 0.1) is 6.92 Å². The summed E-state index contributed by atoms with van der Waals surface area (Å²) in [5.74, 6) is -0.672. The maximum atomic E-state index is 11.9. The number of hydrogen-bond acceptors (Lipinski definition) is 4. The first-order chi connectivity index (χ1) is 10.3. The number of hydrogen-bond donors (Lipinski definition) is 1. The molecule has 2 aromatic rings. The van der Waals surface area contributed by atoms with Crippen molar-refractivity contribution in [2.45, 2.75) is 13.1 Å². The van der Waals surface area contributed by atoms with Gasteiger partial charge < -0.3 is 4.74 Å². The number of halogens is 3. The summed E-state index contributed by atoms with van der Waals surface area (Å²) in [6, 6.07) is 7.70. The Labute approximate surface area is 128 Å². The van der Waals surface area contributed by atoms with Crippen LogP contribution in [0.5, 0.6) is 0 Å². The standard InChI is InChI=1S/C14H13F3N2O2S/c1-9-2-4-10(5-3-9)11-7-22-13(18-11)19-12(20)6-21-8-14(15,16)17/h2-5,7H,6,8H2,1H3,(H,18,19,20). The molecule has 1 aromatic carbocycles. The lowest BCUT2D eigenvalue weighted by molar-refractivity contribution is -0.174. The lowest BCUT2D eigenvalue weighted by Crippen LogP contribution is -2.23. The highest BCUT2D eigenvalue weighted by Crippen LogP contribution is 2.25. The van der Waals surface area contributed by atoms with Gasteiger partial charge in [-0.25, -0.2) is 4.98 Å². The SMILES string of the molecule is Cc1ccc(-c2csc(NC(=O)COCC(F)(F)F)n2)cc1. The van der Waals surface area contributed by atoms with Crippen molar-refractivity contribution in [1.29, 1.82) is 0 Å². The number of anilines is 1. The van der Waals surface area contributed by atoms with Crippen molar-refractivity contribution in [3.8, 4) is 11.3 Å². The highest BCUT2D eigenvalue weighted by atomic mass is 32.1. The topological polar surface area (TPSA) is 51.2 Å². The molecule has 0 saturated heterocycles. The van der Waals surface area contributed by atoms with E-state index in [0.29, 0.717) is 10.8 Å². The number of nitrogens with one attached hydrogen (secondary N) is 1. The van der Waals surface area contributed by atoms with Crippen molar-refractivity contribution in [2.75, 3.05) is 18.5 Å². The molecule has 4 nitrogen and oxygen atoms in total. The van der Waals surface area contributed by atoms with Crippen molar-refractivity contribution in [3.63, 3.8) is 0 Å². The summed E-state index contributed by atoms with van der Waals surface area (Å²) in [6.45, 7) is -0.150. The van der Waals surface area contributed by atoms with E-state index in [1.807, 2.05) is 31.2 Å². The van der Waals surface area contributed by atoms with Gasteiger partial charge in [-0.2, -0.15) is 13.2 Å². The molecule has 1 aromatic heterocycles. The molecule has 0 spiro atoms. The fraction of sp³-hybridized carbons (Fsp3) is 0.286. The minimum Gasteiger partial charge on any atom is -0.362 e. The van der Waals surface area contributed by atoms with Gasteiger partial charge in [0.15, 0.2) is 5.13 Å². The highest BCUT2D eigenvalue weighted by Gasteiger charge is 2.27. The molecule has 118 valence electrons. The highest BCUT2D eigenvalue weighted by molar-refractivity contribution is 7.14. The number of aromatic nitrogens is 1. The second-order valence-corrected chi connectivity index (χ2v) is 5.42. The molecule has 0 saturated carbocycles. The van der Waals surface area contributed by atoms with Crippen LogP contribution < -0.4 is 5.32 Å². The molecule has 2 rings (SSSR count). The van der Waals surface area contributed by atoms with E-state index in [9.17, 15) is 18.0 Å². The normalized spacial score (nSPS) is 11.5. The number of carbonyl (C=O) groups excluding carboxylic acids is 1. The fourth-order valence-electron chi connectivity index (χ4n) is 1.60. The van der Waals surface area contributed by atoms with Crippen molar-refractivity contribution < 1.29 is 22.7 Å². The van der Waals surface area contributed by atoms with Crippen LogP contribution in [0.2, 0.25) is 0 Å². The van der Waals surface area contributed by atoms with Gasteiger partial charge in [0.1, 0.15) is 13.2 Å². The Morgan fingerprint density at radius 1 is 1.32 bits per heavy atom. The molecule has 0 bridgehead atoms. The first kappa shape index (κ1) is 16.4. The van der Waals surface area contributed by atoms with Gasteiger partial charge in [0, 0.05) is 10.9 Å². The summed E-state index contributed by atoms with van der Waals surface area (Å²) in [6.07, 6.45) is -4.44. The minimum absolute atomic E-state index is 0.316. The summed E-state index contributed by atoms with van der Waals surface area (Å²) in [4.78, 5) is 15.7. The summed E-state index contributed by atoms with van der Waals surface area (Å²) < 4.78 is 39.9. The van der Waals surface area contributed by atoms with E-state index in [2.05, 4.69) is 15.0 Å². The van der Waals surface area contributed by atoms with E-state index < -0.39 is 25.3 Å². The van der Waals surface area contributed by atoms with Gasteiger partial charge in [0.05, 0.1) is 5.69 Å². The van der Waals surface area contributed by atoms with Crippen LogP contribution in [0.15, 0.2) is 29.6 Å². The number of thiazole rings is 1. The Morgan fingerprint density at radius 2 is 2.00 bits per heavy atom. The third-order valence-corrected chi connectivity index (χ3v) is 3.35. The van der Waals surface area contributed by atoms with Crippen LogP contribution in [0.4, 0.5) is 18.3 Å². The summed E-state index contributed by atoms with van der Waals surface area (Å²) in [5.41, 5.74) is 2.71. The van der Waals surface area contributed by atoms with E-state index in [0.717, 1.165) is 11.1 Å². The van der Waals surface area contributed by atoms with Gasteiger partial charge in [-0.05, 0) is 6.92 Å². The smallest absolute Gasteiger partial charge is 0.362 e. The van der Waals surface area contributed by atoms with Crippen LogP contribution in [0.3, 0.4) is 0 Å². The first-order valence-electron chi connectivity index (χ1n) is 6.30. The Kier molecular flexibility index (Phi) is 5.15. The maximum absolute atomic E-state index is 11.9. The molecule has 1 N–H and O–H groups in total. The van der Waals surface area contributed by atoms with Crippen LogP contribution in [0.25, 0.3) is 11.3 Å². The van der Waals surface area contributed by atoms with Gasteiger partial charge >= 0.3 is 6.18 Å². The molecular formula is C14H13F3N2O2S. The summed E-state index contributed by atoms with van der Waals surface area (Å²) in [7, 11) is 0. The number of rotatable bonds is 5. The lowest BCUT2D eigenvalue weighted by Gasteiger charge is -2.06. The minimum atomic E-state index is -4.44. The molecule has 8 heteroatoms. The third kappa shape index (κ3) is 5.12. The van der Waals surface area contributed by atoms with E-state index in [1.54, 1.807) is 5.38 Å². The van der Waals surface area contributed by atoms with Gasteiger partial charge in [-0.3, -0.25) is 10.1 Å². The predicted octanol–water partition coefficient (Wildman–Crippen LogP) is 3.64. The second-order valence-electron chi connectivity index (χ2n) is 4.56. The Balaban J connectivity index is 1.89. The Hall–Kier alpha value is -1.93. The lowest BCUT2D eigenvalue weighted by atomic mass is 10.1. The summed E-state index contributed by atoms with van der Waals surface area (Å²) >= 11 is 1.20. The zero-order chi connectivity index (χ0) is 16.2. The van der Waals surface area contributed by atoms with Crippen LogP contribution in [0.1, 0.15) is 5.56 Å². The maximum Gasteiger partial charge on any atom is 0.411 e. The molecule has 0 fully saturated rings. The number of amides is 1. The van der Waals surface area contributed by atoms with Crippen LogP contribution in [-0.4, -0.2) is 30.3 Å². The van der Waals surface area contributed by atoms with E-state index in [-0.39, 0.29) is 0 Å². The Bertz CT molecular complexity index is 638. The quantitative estimate of drug-likeness (QED) is 0.911. The third-order valence-electron chi connectivity index (χ3n) is 2.60. The number of benzene rings is 1. The van der Waals surface area contributed by atoms with E-state index in [1.165, 1.54) is 11.3 Å². The molecule has 1 heterocycles. The molecule has 0 aliphatic carbocycles. The van der Waals surface area contributed by atoms with Crippen molar-refractivity contribution >= 4 is 22.4 Å². The molecule has 0 atom stereocenters.